The molecule has 0 aliphatic carbocycles. The van der Waals surface area contributed by atoms with Crippen LogP contribution in [0.4, 0.5) is 0 Å². The molecule has 1 unspecified atom stereocenters. The molecule has 0 bridgehead atoms. The van der Waals surface area contributed by atoms with Gasteiger partial charge in [-0.1, -0.05) is 6.07 Å². The summed E-state index contributed by atoms with van der Waals surface area (Å²) in [4.78, 5) is 14.0. The average Bonchev–Trinajstić information content (AvgIpc) is 2.43. The predicted octanol–water partition coefficient (Wildman–Crippen LogP) is 1.53. The van der Waals surface area contributed by atoms with Crippen molar-refractivity contribution in [1.29, 1.82) is 0 Å². The third kappa shape index (κ3) is 5.93. The van der Waals surface area contributed by atoms with E-state index in [9.17, 15) is 4.79 Å². The van der Waals surface area contributed by atoms with Gasteiger partial charge < -0.3 is 19.7 Å². The Hall–Kier alpha value is -1.75. The van der Waals surface area contributed by atoms with E-state index in [1.807, 2.05) is 26.2 Å². The first-order valence-corrected chi connectivity index (χ1v) is 6.76. The molecule has 0 spiro atoms. The van der Waals surface area contributed by atoms with Crippen LogP contribution in [0.5, 0.6) is 11.5 Å². The van der Waals surface area contributed by atoms with Crippen molar-refractivity contribution in [1.82, 2.24) is 10.2 Å². The minimum Gasteiger partial charge on any atom is -0.497 e. The highest BCUT2D eigenvalue weighted by Crippen LogP contribution is 2.19. The first-order valence-electron chi connectivity index (χ1n) is 6.76. The Balaban J connectivity index is 2.37. The molecule has 0 saturated heterocycles. The number of hydrogen-bond acceptors (Lipinski definition) is 4. The van der Waals surface area contributed by atoms with Crippen LogP contribution in [0.1, 0.15) is 13.3 Å². The van der Waals surface area contributed by atoms with Crippen LogP contribution in [0.25, 0.3) is 0 Å². The molecule has 1 aromatic rings. The quantitative estimate of drug-likeness (QED) is 0.734. The third-order valence-electron chi connectivity index (χ3n) is 2.80. The fraction of sp³-hybridized carbons (Fsp3) is 0.533. The smallest absolute Gasteiger partial charge is 0.260 e. The largest absolute Gasteiger partial charge is 0.497 e. The third-order valence-corrected chi connectivity index (χ3v) is 2.80. The van der Waals surface area contributed by atoms with Crippen LogP contribution in [-0.4, -0.2) is 51.2 Å². The van der Waals surface area contributed by atoms with Crippen molar-refractivity contribution < 1.29 is 14.3 Å². The number of amides is 1. The molecule has 112 valence electrons. The van der Waals surface area contributed by atoms with Gasteiger partial charge in [-0.2, -0.15) is 0 Å². The van der Waals surface area contributed by atoms with Gasteiger partial charge in [0.1, 0.15) is 11.5 Å². The molecule has 0 heterocycles. The van der Waals surface area contributed by atoms with E-state index in [1.54, 1.807) is 26.2 Å². The Bertz CT molecular complexity index is 421. The summed E-state index contributed by atoms with van der Waals surface area (Å²) in [5, 5.41) is 2.86. The second-order valence-electron chi connectivity index (χ2n) is 4.89. The van der Waals surface area contributed by atoms with E-state index in [-0.39, 0.29) is 5.91 Å². The molecule has 0 radical (unpaired) electrons. The Morgan fingerprint density at radius 1 is 1.35 bits per heavy atom. The highest BCUT2D eigenvalue weighted by atomic mass is 16.5. The summed E-state index contributed by atoms with van der Waals surface area (Å²) in [5.74, 6) is 1.23. The minimum absolute atomic E-state index is 0.105. The molecule has 0 aromatic heterocycles. The first-order chi connectivity index (χ1) is 9.52. The number of carbonyl (C=O) groups is 1. The average molecular weight is 280 g/mol. The molecule has 5 nitrogen and oxygen atoms in total. The number of nitrogens with zero attached hydrogens (tertiary/aromatic N) is 1. The highest BCUT2D eigenvalue weighted by Gasteiger charge is 2.14. The zero-order valence-electron chi connectivity index (χ0n) is 12.7. The van der Waals surface area contributed by atoms with Gasteiger partial charge in [-0.15, -0.1) is 0 Å². The maximum Gasteiger partial charge on any atom is 0.260 e. The second kappa shape index (κ2) is 8.43. The fourth-order valence-corrected chi connectivity index (χ4v) is 1.68. The number of rotatable bonds is 8. The zero-order valence-corrected chi connectivity index (χ0v) is 12.7. The molecule has 0 aliphatic heterocycles. The molecule has 1 aromatic carbocycles. The lowest BCUT2D eigenvalue weighted by atomic mass is 10.3. The molecule has 1 N–H and O–H groups in total. The Morgan fingerprint density at radius 2 is 2.05 bits per heavy atom. The molecular formula is C15H24N2O3. The van der Waals surface area contributed by atoms with E-state index in [0.717, 1.165) is 13.0 Å². The van der Waals surface area contributed by atoms with Crippen molar-refractivity contribution in [3.05, 3.63) is 24.3 Å². The van der Waals surface area contributed by atoms with Gasteiger partial charge in [0.15, 0.2) is 6.10 Å². The molecule has 1 rings (SSSR count). The molecule has 0 aliphatic rings. The van der Waals surface area contributed by atoms with E-state index in [2.05, 4.69) is 10.2 Å². The number of carbonyl (C=O) groups excluding carboxylic acids is 1. The van der Waals surface area contributed by atoms with Gasteiger partial charge in [0.2, 0.25) is 0 Å². The van der Waals surface area contributed by atoms with Crippen molar-refractivity contribution in [3.63, 3.8) is 0 Å². The molecule has 1 amide bonds. The van der Waals surface area contributed by atoms with Gasteiger partial charge in [-0.3, -0.25) is 4.79 Å². The van der Waals surface area contributed by atoms with Gasteiger partial charge in [-0.25, -0.2) is 0 Å². The van der Waals surface area contributed by atoms with E-state index < -0.39 is 6.10 Å². The topological polar surface area (TPSA) is 50.8 Å². The van der Waals surface area contributed by atoms with Gasteiger partial charge in [0.05, 0.1) is 7.11 Å². The first kappa shape index (κ1) is 16.3. The number of methoxy groups -OCH3 is 1. The maximum atomic E-state index is 11.9. The molecule has 1 atom stereocenters. The van der Waals surface area contributed by atoms with Gasteiger partial charge in [0.25, 0.3) is 5.91 Å². The monoisotopic (exact) mass is 280 g/mol. The van der Waals surface area contributed by atoms with E-state index in [4.69, 9.17) is 9.47 Å². The lowest BCUT2D eigenvalue weighted by molar-refractivity contribution is -0.127. The summed E-state index contributed by atoms with van der Waals surface area (Å²) in [6, 6.07) is 7.23. The summed E-state index contributed by atoms with van der Waals surface area (Å²) in [7, 11) is 5.62. The number of nitrogens with one attached hydrogen (secondary N) is 1. The number of hydrogen-bond donors (Lipinski definition) is 1. The van der Waals surface area contributed by atoms with E-state index >= 15 is 0 Å². The summed E-state index contributed by atoms with van der Waals surface area (Å²) in [6.07, 6.45) is 0.395. The zero-order chi connectivity index (χ0) is 15.0. The predicted molar refractivity (Wildman–Crippen MR) is 79.3 cm³/mol. The van der Waals surface area contributed by atoms with Crippen LogP contribution in [-0.2, 0) is 4.79 Å². The lowest BCUT2D eigenvalue weighted by Crippen LogP contribution is -2.37. The van der Waals surface area contributed by atoms with E-state index in [1.165, 1.54) is 0 Å². The number of ether oxygens (including phenoxy) is 2. The van der Waals surface area contributed by atoms with Gasteiger partial charge in [-0.05, 0) is 46.1 Å². The number of benzene rings is 1. The van der Waals surface area contributed by atoms with Crippen molar-refractivity contribution in [2.45, 2.75) is 19.4 Å². The SMILES string of the molecule is COc1cccc(OC(C)C(=O)NCCCN(C)C)c1. The Labute approximate surface area is 120 Å². The summed E-state index contributed by atoms with van der Waals surface area (Å²) in [5.41, 5.74) is 0. The van der Waals surface area contributed by atoms with Gasteiger partial charge >= 0.3 is 0 Å². The van der Waals surface area contributed by atoms with Crippen molar-refractivity contribution in [2.75, 3.05) is 34.3 Å². The summed E-state index contributed by atoms with van der Waals surface area (Å²) >= 11 is 0. The van der Waals surface area contributed by atoms with Gasteiger partial charge in [0, 0.05) is 12.6 Å². The fourth-order valence-electron chi connectivity index (χ4n) is 1.68. The summed E-state index contributed by atoms with van der Waals surface area (Å²) in [6.45, 7) is 3.34. The minimum atomic E-state index is -0.526. The normalized spacial score (nSPS) is 12.1. The Kier molecular flexibility index (Phi) is 6.87. The molecular weight excluding hydrogens is 256 g/mol. The van der Waals surface area contributed by atoms with Crippen molar-refractivity contribution in [2.24, 2.45) is 0 Å². The lowest BCUT2D eigenvalue weighted by Gasteiger charge is -2.16. The molecule has 0 fully saturated rings. The standard InChI is InChI=1S/C15H24N2O3/c1-12(15(18)16-9-6-10-17(2)3)20-14-8-5-7-13(11-14)19-4/h5,7-8,11-12H,6,9-10H2,1-4H3,(H,16,18). The maximum absolute atomic E-state index is 11.9. The molecule has 0 saturated carbocycles. The highest BCUT2D eigenvalue weighted by molar-refractivity contribution is 5.80. The van der Waals surface area contributed by atoms with Crippen LogP contribution < -0.4 is 14.8 Å². The summed E-state index contributed by atoms with van der Waals surface area (Å²) < 4.78 is 10.7. The van der Waals surface area contributed by atoms with Crippen LogP contribution in [0.15, 0.2) is 24.3 Å². The second-order valence-corrected chi connectivity index (χ2v) is 4.89. The van der Waals surface area contributed by atoms with Crippen LogP contribution >= 0.6 is 0 Å². The van der Waals surface area contributed by atoms with Crippen LogP contribution in [0.3, 0.4) is 0 Å². The van der Waals surface area contributed by atoms with Crippen LogP contribution in [0.2, 0.25) is 0 Å². The van der Waals surface area contributed by atoms with Crippen molar-refractivity contribution >= 4 is 5.91 Å². The molecule has 20 heavy (non-hydrogen) atoms. The Morgan fingerprint density at radius 3 is 2.70 bits per heavy atom. The molecule has 5 heteroatoms. The van der Waals surface area contributed by atoms with Crippen LogP contribution in [0, 0.1) is 0 Å². The van der Waals surface area contributed by atoms with E-state index in [0.29, 0.717) is 18.0 Å². The van der Waals surface area contributed by atoms with Crippen molar-refractivity contribution in [3.8, 4) is 11.5 Å².